The van der Waals surface area contributed by atoms with Crippen molar-refractivity contribution in [1.29, 1.82) is 0 Å². The van der Waals surface area contributed by atoms with Gasteiger partial charge in [0.1, 0.15) is 5.78 Å². The molecule has 5 heteroatoms. The molecule has 0 bridgehead atoms. The summed E-state index contributed by atoms with van der Waals surface area (Å²) in [5.74, 6) is -0.247. The number of hydrogen-bond acceptors (Lipinski definition) is 3. The molecule has 18 heavy (non-hydrogen) atoms. The summed E-state index contributed by atoms with van der Waals surface area (Å²) in [5.41, 5.74) is 1.65. The van der Waals surface area contributed by atoms with Crippen LogP contribution in [0.15, 0.2) is 22.7 Å². The zero-order valence-corrected chi connectivity index (χ0v) is 13.4. The number of esters is 1. The third-order valence-electron chi connectivity index (χ3n) is 2.34. The second kappa shape index (κ2) is 7.04. The minimum atomic E-state index is -0.367. The molecule has 0 amide bonds. The highest BCUT2D eigenvalue weighted by molar-refractivity contribution is 9.11. The van der Waals surface area contributed by atoms with Crippen molar-refractivity contribution in [3.63, 3.8) is 0 Å². The number of alkyl halides is 1. The minimum Gasteiger partial charge on any atom is -0.466 e. The van der Waals surface area contributed by atoms with E-state index < -0.39 is 0 Å². The Kier molecular flexibility index (Phi) is 6.02. The molecule has 1 aromatic rings. The monoisotopic (exact) mass is 376 g/mol. The number of Topliss-reactive ketones (excluding diaryl/α,β-unsaturated/α-hetero) is 1. The summed E-state index contributed by atoms with van der Waals surface area (Å²) in [7, 11) is 0. The van der Waals surface area contributed by atoms with Crippen molar-refractivity contribution in [3.05, 3.63) is 33.8 Å². The number of hydrogen-bond donors (Lipinski definition) is 0. The van der Waals surface area contributed by atoms with E-state index in [1.165, 1.54) is 6.92 Å². The maximum absolute atomic E-state index is 11.4. The lowest BCUT2D eigenvalue weighted by molar-refractivity contribution is -0.142. The molecular formula is C13H14Br2O3. The Morgan fingerprint density at radius 2 is 2.06 bits per heavy atom. The molecule has 0 aliphatic rings. The van der Waals surface area contributed by atoms with Gasteiger partial charge in [-0.1, -0.05) is 44.0 Å². The molecule has 3 nitrogen and oxygen atoms in total. The highest BCUT2D eigenvalue weighted by atomic mass is 79.9. The van der Waals surface area contributed by atoms with Crippen LogP contribution in [0.25, 0.3) is 0 Å². The number of carbonyl (C=O) groups excluding carboxylic acids is 2. The lowest BCUT2D eigenvalue weighted by Gasteiger charge is -2.11. The molecule has 0 spiro atoms. The Labute approximate surface area is 123 Å². The molecule has 0 N–H and O–H groups in total. The second-order valence-corrected chi connectivity index (χ2v) is 5.58. The number of halogens is 2. The smallest absolute Gasteiger partial charge is 0.310 e. The van der Waals surface area contributed by atoms with Gasteiger partial charge in [-0.05, 0) is 31.0 Å². The molecule has 1 atom stereocenters. The second-order valence-electron chi connectivity index (χ2n) is 3.81. The van der Waals surface area contributed by atoms with Crippen molar-refractivity contribution < 1.29 is 14.3 Å². The van der Waals surface area contributed by atoms with E-state index in [1.54, 1.807) is 6.92 Å². The number of ketones is 1. The third-order valence-corrected chi connectivity index (χ3v) is 4.20. The summed E-state index contributed by atoms with van der Waals surface area (Å²) >= 11 is 6.73. The first kappa shape index (κ1) is 15.4. The van der Waals surface area contributed by atoms with E-state index in [1.807, 2.05) is 18.2 Å². The van der Waals surface area contributed by atoms with Crippen molar-refractivity contribution in [2.75, 3.05) is 6.61 Å². The lowest BCUT2D eigenvalue weighted by Crippen LogP contribution is -2.09. The Balaban J connectivity index is 2.93. The average molecular weight is 378 g/mol. The van der Waals surface area contributed by atoms with Gasteiger partial charge in [0.15, 0.2) is 0 Å². The van der Waals surface area contributed by atoms with Gasteiger partial charge in [0.2, 0.25) is 0 Å². The van der Waals surface area contributed by atoms with Gasteiger partial charge in [-0.15, -0.1) is 0 Å². The fourth-order valence-electron chi connectivity index (χ4n) is 1.50. The first-order valence-corrected chi connectivity index (χ1v) is 7.25. The van der Waals surface area contributed by atoms with Crippen molar-refractivity contribution in [2.24, 2.45) is 0 Å². The van der Waals surface area contributed by atoms with Crippen LogP contribution in [0, 0.1) is 0 Å². The van der Waals surface area contributed by atoms with E-state index >= 15 is 0 Å². The highest BCUT2D eigenvalue weighted by Crippen LogP contribution is 2.31. The van der Waals surface area contributed by atoms with Gasteiger partial charge < -0.3 is 4.74 Å². The largest absolute Gasteiger partial charge is 0.466 e. The molecule has 0 radical (unpaired) electrons. The standard InChI is InChI=1S/C13H14Br2O3/c1-3-18-12(17)7-9-4-5-11(14)10(6-9)13(15)8(2)16/h4-6,13H,3,7H2,1-2H3. The van der Waals surface area contributed by atoms with Crippen molar-refractivity contribution in [1.82, 2.24) is 0 Å². The van der Waals surface area contributed by atoms with Gasteiger partial charge in [-0.25, -0.2) is 0 Å². The van der Waals surface area contributed by atoms with E-state index in [9.17, 15) is 9.59 Å². The Morgan fingerprint density at radius 3 is 2.61 bits per heavy atom. The molecule has 0 heterocycles. The van der Waals surface area contributed by atoms with Crippen LogP contribution in [-0.4, -0.2) is 18.4 Å². The van der Waals surface area contributed by atoms with Gasteiger partial charge in [-0.2, -0.15) is 0 Å². The first-order valence-electron chi connectivity index (χ1n) is 5.54. The number of ether oxygens (including phenoxy) is 1. The first-order chi connectivity index (χ1) is 8.45. The van der Waals surface area contributed by atoms with Crippen LogP contribution in [0.5, 0.6) is 0 Å². The maximum atomic E-state index is 11.4. The molecule has 1 aromatic carbocycles. The number of carbonyl (C=O) groups is 2. The maximum Gasteiger partial charge on any atom is 0.310 e. The topological polar surface area (TPSA) is 43.4 Å². The summed E-state index contributed by atoms with van der Waals surface area (Å²) in [6, 6.07) is 5.51. The predicted octanol–water partition coefficient (Wildman–Crippen LogP) is 3.58. The van der Waals surface area contributed by atoms with Gasteiger partial charge >= 0.3 is 5.97 Å². The molecular weight excluding hydrogens is 364 g/mol. The van der Waals surface area contributed by atoms with E-state index in [4.69, 9.17) is 4.74 Å². The van der Waals surface area contributed by atoms with Crippen LogP contribution < -0.4 is 0 Å². The SMILES string of the molecule is CCOC(=O)Cc1ccc(Br)c(C(Br)C(C)=O)c1. The average Bonchev–Trinajstić information content (AvgIpc) is 2.31. The Morgan fingerprint density at radius 1 is 1.39 bits per heavy atom. The predicted molar refractivity (Wildman–Crippen MR) is 76.8 cm³/mol. The Hall–Kier alpha value is -0.680. The van der Waals surface area contributed by atoms with Crippen LogP contribution in [0.3, 0.4) is 0 Å². The third kappa shape index (κ3) is 4.21. The van der Waals surface area contributed by atoms with E-state index in [-0.39, 0.29) is 23.0 Å². The van der Waals surface area contributed by atoms with Crippen LogP contribution >= 0.6 is 31.9 Å². The number of rotatable bonds is 5. The highest BCUT2D eigenvalue weighted by Gasteiger charge is 2.17. The summed E-state index contributed by atoms with van der Waals surface area (Å²) in [4.78, 5) is 22.4. The van der Waals surface area contributed by atoms with Crippen LogP contribution in [-0.2, 0) is 20.7 Å². The summed E-state index contributed by atoms with van der Waals surface area (Å²) in [6.07, 6.45) is 0.214. The molecule has 0 fully saturated rings. The molecule has 1 rings (SSSR count). The van der Waals surface area contributed by atoms with Gasteiger partial charge in [0.25, 0.3) is 0 Å². The van der Waals surface area contributed by atoms with Gasteiger partial charge in [0.05, 0.1) is 17.9 Å². The van der Waals surface area contributed by atoms with E-state index in [2.05, 4.69) is 31.9 Å². The van der Waals surface area contributed by atoms with Crippen LogP contribution in [0.1, 0.15) is 29.8 Å². The molecule has 0 aromatic heterocycles. The fourth-order valence-corrected chi connectivity index (χ4v) is 2.66. The molecule has 0 aliphatic carbocycles. The van der Waals surface area contributed by atoms with Crippen LogP contribution in [0.2, 0.25) is 0 Å². The summed E-state index contributed by atoms with van der Waals surface area (Å²) in [6.45, 7) is 3.66. The van der Waals surface area contributed by atoms with Gasteiger partial charge in [0, 0.05) is 4.47 Å². The van der Waals surface area contributed by atoms with Crippen LogP contribution in [0.4, 0.5) is 0 Å². The van der Waals surface area contributed by atoms with E-state index in [0.29, 0.717) is 6.61 Å². The molecule has 0 saturated heterocycles. The summed E-state index contributed by atoms with van der Waals surface area (Å²) in [5, 5.41) is 0. The fraction of sp³-hybridized carbons (Fsp3) is 0.385. The quantitative estimate of drug-likeness (QED) is 0.581. The summed E-state index contributed by atoms with van der Waals surface area (Å²) < 4.78 is 5.73. The normalized spacial score (nSPS) is 12.0. The Bertz CT molecular complexity index is 458. The van der Waals surface area contributed by atoms with Crippen molar-refractivity contribution in [3.8, 4) is 0 Å². The molecule has 0 aliphatic heterocycles. The zero-order chi connectivity index (χ0) is 13.7. The molecule has 0 saturated carbocycles. The molecule has 98 valence electrons. The lowest BCUT2D eigenvalue weighted by atomic mass is 10.0. The molecule has 1 unspecified atom stereocenters. The zero-order valence-electron chi connectivity index (χ0n) is 10.2. The van der Waals surface area contributed by atoms with Crippen molar-refractivity contribution in [2.45, 2.75) is 25.1 Å². The minimum absolute atomic E-state index is 0.0176. The van der Waals surface area contributed by atoms with E-state index in [0.717, 1.165) is 15.6 Å². The number of benzene rings is 1. The van der Waals surface area contributed by atoms with Gasteiger partial charge in [-0.3, -0.25) is 9.59 Å². The van der Waals surface area contributed by atoms with Crippen molar-refractivity contribution >= 4 is 43.6 Å².